The molecule has 1 fully saturated rings. The van der Waals surface area contributed by atoms with Crippen LogP contribution in [0.25, 0.3) is 0 Å². The van der Waals surface area contributed by atoms with Crippen LogP contribution in [0.1, 0.15) is 17.7 Å². The standard InChI is InChI=1S/C9H11F2NS/c1-12-8(5-9(10,11)6-8)7-3-2-4-13-7/h2-4,12H,5-6H2,1H3. The molecule has 0 aromatic carbocycles. The number of hydrogen-bond donors (Lipinski definition) is 1. The molecule has 1 nitrogen and oxygen atoms in total. The first-order valence-electron chi connectivity index (χ1n) is 4.19. The summed E-state index contributed by atoms with van der Waals surface area (Å²) in [6, 6.07) is 3.81. The SMILES string of the molecule is CNC1(c2cccs2)CC(F)(F)C1. The van der Waals surface area contributed by atoms with Gasteiger partial charge in [-0.1, -0.05) is 6.07 Å². The molecule has 4 heteroatoms. The Bertz CT molecular complexity index is 287. The van der Waals surface area contributed by atoms with E-state index in [2.05, 4.69) is 5.32 Å². The molecule has 1 aliphatic rings. The highest BCUT2D eigenvalue weighted by Crippen LogP contribution is 2.52. The first kappa shape index (κ1) is 9.09. The van der Waals surface area contributed by atoms with Crippen molar-refractivity contribution in [3.63, 3.8) is 0 Å². The summed E-state index contributed by atoms with van der Waals surface area (Å²) in [5.74, 6) is -2.48. The van der Waals surface area contributed by atoms with Crippen molar-refractivity contribution in [1.29, 1.82) is 0 Å². The van der Waals surface area contributed by atoms with Gasteiger partial charge in [0.25, 0.3) is 5.92 Å². The quantitative estimate of drug-likeness (QED) is 0.779. The minimum Gasteiger partial charge on any atom is -0.309 e. The van der Waals surface area contributed by atoms with Gasteiger partial charge in [0, 0.05) is 17.7 Å². The molecule has 0 amide bonds. The summed E-state index contributed by atoms with van der Waals surface area (Å²) >= 11 is 1.54. The molecule has 1 N–H and O–H groups in total. The Morgan fingerprint density at radius 3 is 2.54 bits per heavy atom. The molecule has 1 saturated carbocycles. The van der Waals surface area contributed by atoms with E-state index in [0.717, 1.165) is 4.88 Å². The monoisotopic (exact) mass is 203 g/mol. The third-order valence-electron chi connectivity index (χ3n) is 2.59. The number of rotatable bonds is 2. The fraction of sp³-hybridized carbons (Fsp3) is 0.556. The second kappa shape index (κ2) is 2.75. The maximum absolute atomic E-state index is 12.8. The minimum absolute atomic E-state index is 0.0724. The fourth-order valence-corrected chi connectivity index (χ4v) is 2.79. The maximum Gasteiger partial charge on any atom is 0.252 e. The lowest BCUT2D eigenvalue weighted by Gasteiger charge is -2.46. The molecule has 1 aromatic heterocycles. The molecule has 0 aliphatic heterocycles. The van der Waals surface area contributed by atoms with E-state index in [-0.39, 0.29) is 12.8 Å². The lowest BCUT2D eigenvalue weighted by atomic mass is 9.72. The lowest BCUT2D eigenvalue weighted by Crippen LogP contribution is -2.56. The Morgan fingerprint density at radius 1 is 1.46 bits per heavy atom. The molecule has 1 aliphatic carbocycles. The molecule has 72 valence electrons. The predicted molar refractivity (Wildman–Crippen MR) is 49.2 cm³/mol. The van der Waals surface area contributed by atoms with Crippen LogP contribution in [0.3, 0.4) is 0 Å². The lowest BCUT2D eigenvalue weighted by molar-refractivity contribution is -0.134. The molecule has 0 spiro atoms. The van der Waals surface area contributed by atoms with Crippen LogP contribution < -0.4 is 5.32 Å². The third-order valence-corrected chi connectivity index (χ3v) is 3.67. The van der Waals surface area contributed by atoms with Crippen molar-refractivity contribution < 1.29 is 8.78 Å². The molecular formula is C9H11F2NS. The van der Waals surface area contributed by atoms with Crippen molar-refractivity contribution in [2.45, 2.75) is 24.3 Å². The number of alkyl halides is 2. The molecule has 0 atom stereocenters. The molecule has 0 radical (unpaired) electrons. The van der Waals surface area contributed by atoms with Crippen molar-refractivity contribution in [3.8, 4) is 0 Å². The topological polar surface area (TPSA) is 12.0 Å². The molecule has 0 bridgehead atoms. The molecule has 1 aromatic rings. The van der Waals surface area contributed by atoms with E-state index in [4.69, 9.17) is 0 Å². The average Bonchev–Trinajstić information content (AvgIpc) is 2.51. The summed E-state index contributed by atoms with van der Waals surface area (Å²) in [6.45, 7) is 0. The van der Waals surface area contributed by atoms with Crippen LogP contribution in [0.2, 0.25) is 0 Å². The Hall–Kier alpha value is -0.480. The number of thiophene rings is 1. The third kappa shape index (κ3) is 1.38. The molecule has 0 saturated heterocycles. The first-order valence-corrected chi connectivity index (χ1v) is 5.07. The van der Waals surface area contributed by atoms with Gasteiger partial charge < -0.3 is 5.32 Å². The van der Waals surface area contributed by atoms with Gasteiger partial charge in [0.1, 0.15) is 0 Å². The highest BCUT2D eigenvalue weighted by atomic mass is 32.1. The Labute approximate surface area is 79.8 Å². The van der Waals surface area contributed by atoms with Crippen LogP contribution in [-0.2, 0) is 5.54 Å². The zero-order valence-corrected chi connectivity index (χ0v) is 8.13. The highest BCUT2D eigenvalue weighted by molar-refractivity contribution is 7.10. The maximum atomic E-state index is 12.8. The van der Waals surface area contributed by atoms with E-state index in [0.29, 0.717) is 0 Å². The van der Waals surface area contributed by atoms with E-state index < -0.39 is 11.5 Å². The van der Waals surface area contributed by atoms with Crippen LogP contribution in [0, 0.1) is 0 Å². The normalized spacial score (nSPS) is 23.9. The average molecular weight is 203 g/mol. The summed E-state index contributed by atoms with van der Waals surface area (Å²) < 4.78 is 25.6. The van der Waals surface area contributed by atoms with Gasteiger partial charge in [0.15, 0.2) is 0 Å². The second-order valence-electron chi connectivity index (χ2n) is 3.52. The summed E-state index contributed by atoms with van der Waals surface area (Å²) in [6.07, 6.45) is -0.145. The van der Waals surface area contributed by atoms with Crippen molar-refractivity contribution in [2.75, 3.05) is 7.05 Å². The van der Waals surface area contributed by atoms with Gasteiger partial charge in [-0.05, 0) is 18.5 Å². The summed E-state index contributed by atoms with van der Waals surface area (Å²) in [5, 5.41) is 4.92. The van der Waals surface area contributed by atoms with E-state index in [1.807, 2.05) is 17.5 Å². The van der Waals surface area contributed by atoms with E-state index in [1.165, 1.54) is 11.3 Å². The van der Waals surface area contributed by atoms with Crippen LogP contribution in [0.4, 0.5) is 8.78 Å². The van der Waals surface area contributed by atoms with E-state index in [9.17, 15) is 8.78 Å². The highest BCUT2D eigenvalue weighted by Gasteiger charge is 2.57. The molecule has 1 heterocycles. The van der Waals surface area contributed by atoms with Gasteiger partial charge in [-0.3, -0.25) is 0 Å². The van der Waals surface area contributed by atoms with Crippen molar-refractivity contribution in [3.05, 3.63) is 22.4 Å². The Balaban J connectivity index is 2.21. The van der Waals surface area contributed by atoms with Gasteiger partial charge in [-0.2, -0.15) is 0 Å². The van der Waals surface area contributed by atoms with Gasteiger partial charge >= 0.3 is 0 Å². The largest absolute Gasteiger partial charge is 0.309 e. The second-order valence-corrected chi connectivity index (χ2v) is 4.47. The van der Waals surface area contributed by atoms with E-state index >= 15 is 0 Å². The summed E-state index contributed by atoms with van der Waals surface area (Å²) in [7, 11) is 1.74. The zero-order chi connectivity index (χ0) is 9.53. The minimum atomic E-state index is -2.48. The van der Waals surface area contributed by atoms with Crippen LogP contribution in [-0.4, -0.2) is 13.0 Å². The zero-order valence-electron chi connectivity index (χ0n) is 7.31. The van der Waals surface area contributed by atoms with Crippen molar-refractivity contribution in [2.24, 2.45) is 0 Å². The summed E-state index contributed by atoms with van der Waals surface area (Å²) in [5.41, 5.74) is -0.461. The van der Waals surface area contributed by atoms with Gasteiger partial charge in [-0.15, -0.1) is 11.3 Å². The molecule has 13 heavy (non-hydrogen) atoms. The van der Waals surface area contributed by atoms with Crippen LogP contribution in [0.5, 0.6) is 0 Å². The number of halogens is 2. The van der Waals surface area contributed by atoms with Gasteiger partial charge in [0.2, 0.25) is 0 Å². The van der Waals surface area contributed by atoms with Crippen LogP contribution in [0.15, 0.2) is 17.5 Å². The van der Waals surface area contributed by atoms with Crippen molar-refractivity contribution >= 4 is 11.3 Å². The molecule has 2 rings (SSSR count). The summed E-state index contributed by atoms with van der Waals surface area (Å²) in [4.78, 5) is 1.01. The van der Waals surface area contributed by atoms with Gasteiger partial charge in [-0.25, -0.2) is 8.78 Å². The smallest absolute Gasteiger partial charge is 0.252 e. The Morgan fingerprint density at radius 2 is 2.15 bits per heavy atom. The molecule has 0 unspecified atom stereocenters. The predicted octanol–water partition coefficient (Wildman–Crippen LogP) is 2.59. The van der Waals surface area contributed by atoms with E-state index in [1.54, 1.807) is 7.05 Å². The fourth-order valence-electron chi connectivity index (χ4n) is 1.86. The molecular weight excluding hydrogens is 192 g/mol. The Kier molecular flexibility index (Phi) is 1.92. The van der Waals surface area contributed by atoms with Crippen LogP contribution >= 0.6 is 11.3 Å². The number of nitrogens with one attached hydrogen (secondary N) is 1. The number of hydrogen-bond acceptors (Lipinski definition) is 2. The van der Waals surface area contributed by atoms with Crippen molar-refractivity contribution in [1.82, 2.24) is 5.32 Å². The van der Waals surface area contributed by atoms with Gasteiger partial charge in [0.05, 0.1) is 5.54 Å². The first-order chi connectivity index (χ1) is 6.08.